The van der Waals surface area contributed by atoms with Gasteiger partial charge in [0.05, 0.1) is 6.61 Å². The van der Waals surface area contributed by atoms with E-state index in [1.807, 2.05) is 0 Å². The average Bonchev–Trinajstić information content (AvgIpc) is 2.51. The number of hydrogen-bond acceptors (Lipinski definition) is 7. The molecule has 9 N–H and O–H groups in total. The van der Waals surface area contributed by atoms with E-state index >= 15 is 0 Å². The first-order valence-electron chi connectivity index (χ1n) is 7.82. The number of phosphoric acid groups is 1. The summed E-state index contributed by atoms with van der Waals surface area (Å²) in [4.78, 5) is 63.6. The van der Waals surface area contributed by atoms with Crippen LogP contribution >= 0.6 is 7.82 Å². The highest BCUT2D eigenvalue weighted by Gasteiger charge is 2.30. The molecule has 14 heteroatoms. The van der Waals surface area contributed by atoms with E-state index in [0.29, 0.717) is 0 Å². The number of aliphatic carboxylic acids is 1. The molecule has 3 atom stereocenters. The van der Waals surface area contributed by atoms with Crippen molar-refractivity contribution in [2.24, 2.45) is 17.4 Å². The monoisotopic (exact) mass is 412 g/mol. The minimum atomic E-state index is -4.85. The predicted octanol–water partition coefficient (Wildman–Crippen LogP) is -2.60. The van der Waals surface area contributed by atoms with Crippen molar-refractivity contribution in [2.75, 3.05) is 6.61 Å². The van der Waals surface area contributed by atoms with Gasteiger partial charge in [0, 0.05) is 6.42 Å². The number of hydrogen-bond donors (Lipinski definition) is 7. The Kier molecular flexibility index (Phi) is 10.1. The first kappa shape index (κ1) is 24.9. The lowest BCUT2D eigenvalue weighted by Crippen LogP contribution is -2.56. The number of carbonyl (C=O) groups is 4. The molecule has 0 saturated heterocycles. The maximum absolute atomic E-state index is 12.3. The molecule has 0 aliphatic carbocycles. The predicted molar refractivity (Wildman–Crippen MR) is 90.7 cm³/mol. The van der Waals surface area contributed by atoms with Crippen molar-refractivity contribution in [1.29, 1.82) is 0 Å². The Morgan fingerprint density at radius 1 is 1.11 bits per heavy atom. The van der Waals surface area contributed by atoms with Crippen LogP contribution in [0.5, 0.6) is 0 Å². The molecule has 0 bridgehead atoms. The molecular formula is C13H25N4O9P. The minimum absolute atomic E-state index is 0.233. The number of primary amides is 1. The summed E-state index contributed by atoms with van der Waals surface area (Å²) in [5, 5.41) is 13.5. The van der Waals surface area contributed by atoms with Crippen LogP contribution in [0.2, 0.25) is 0 Å². The number of carboxylic acid groups (broad SMARTS) is 1. The van der Waals surface area contributed by atoms with E-state index in [-0.39, 0.29) is 12.8 Å². The molecule has 0 aromatic rings. The van der Waals surface area contributed by atoms with Crippen molar-refractivity contribution in [1.82, 2.24) is 10.6 Å². The van der Waals surface area contributed by atoms with Gasteiger partial charge >= 0.3 is 13.8 Å². The molecule has 0 aliphatic heterocycles. The molecule has 0 fully saturated rings. The Morgan fingerprint density at radius 3 is 2.07 bits per heavy atom. The molecule has 3 amide bonds. The van der Waals surface area contributed by atoms with Crippen molar-refractivity contribution in [3.63, 3.8) is 0 Å². The van der Waals surface area contributed by atoms with Gasteiger partial charge in [0.15, 0.2) is 0 Å². The maximum atomic E-state index is 12.3. The van der Waals surface area contributed by atoms with E-state index in [1.165, 1.54) is 0 Å². The van der Waals surface area contributed by atoms with E-state index in [0.717, 1.165) is 0 Å². The van der Waals surface area contributed by atoms with Crippen LogP contribution in [0.25, 0.3) is 0 Å². The Balaban J connectivity index is 5.09. The molecule has 13 nitrogen and oxygen atoms in total. The Bertz CT molecular complexity index is 607. The van der Waals surface area contributed by atoms with Gasteiger partial charge in [0.1, 0.15) is 18.1 Å². The number of carboxylic acids is 1. The van der Waals surface area contributed by atoms with E-state index in [1.54, 1.807) is 13.8 Å². The zero-order valence-electron chi connectivity index (χ0n) is 14.8. The van der Waals surface area contributed by atoms with Crippen molar-refractivity contribution < 1.29 is 43.2 Å². The molecule has 0 heterocycles. The molecule has 156 valence electrons. The third-order valence-corrected chi connectivity index (χ3v) is 3.79. The fourth-order valence-corrected chi connectivity index (χ4v) is 2.21. The fourth-order valence-electron chi connectivity index (χ4n) is 1.85. The smallest absolute Gasteiger partial charge is 0.469 e. The molecule has 0 unspecified atom stereocenters. The van der Waals surface area contributed by atoms with Gasteiger partial charge in [-0.15, -0.1) is 0 Å². The molecule has 0 saturated carbocycles. The highest BCUT2D eigenvalue weighted by atomic mass is 31.2. The maximum Gasteiger partial charge on any atom is 0.469 e. The molecule has 0 rings (SSSR count). The van der Waals surface area contributed by atoms with Crippen LogP contribution in [0.3, 0.4) is 0 Å². The lowest BCUT2D eigenvalue weighted by Gasteiger charge is -2.24. The van der Waals surface area contributed by atoms with Crippen molar-refractivity contribution >= 4 is 31.5 Å². The second-order valence-corrected chi connectivity index (χ2v) is 7.27. The Morgan fingerprint density at radius 2 is 1.67 bits per heavy atom. The van der Waals surface area contributed by atoms with Crippen LogP contribution in [-0.2, 0) is 28.3 Å². The van der Waals surface area contributed by atoms with Gasteiger partial charge in [-0.05, 0) is 12.3 Å². The van der Waals surface area contributed by atoms with Crippen LogP contribution in [0.15, 0.2) is 0 Å². The molecule has 0 radical (unpaired) electrons. The zero-order valence-corrected chi connectivity index (χ0v) is 15.7. The summed E-state index contributed by atoms with van der Waals surface area (Å²) in [7, 11) is -4.85. The quantitative estimate of drug-likeness (QED) is 0.165. The summed E-state index contributed by atoms with van der Waals surface area (Å²) in [5.41, 5.74) is 10.4. The fraction of sp³-hybridized carbons (Fsp3) is 0.692. The largest absolute Gasteiger partial charge is 0.480 e. The van der Waals surface area contributed by atoms with Gasteiger partial charge in [0.2, 0.25) is 17.7 Å². The van der Waals surface area contributed by atoms with E-state index < -0.39 is 62.2 Å². The first-order chi connectivity index (χ1) is 12.2. The number of rotatable bonds is 12. The van der Waals surface area contributed by atoms with Gasteiger partial charge < -0.3 is 37.0 Å². The van der Waals surface area contributed by atoms with E-state index in [2.05, 4.69) is 15.2 Å². The first-order valence-corrected chi connectivity index (χ1v) is 9.35. The van der Waals surface area contributed by atoms with Gasteiger partial charge in [-0.1, -0.05) is 13.8 Å². The lowest BCUT2D eigenvalue weighted by atomic mass is 10.0. The van der Waals surface area contributed by atoms with Crippen molar-refractivity contribution in [3.8, 4) is 0 Å². The zero-order chi connectivity index (χ0) is 21.4. The number of phosphoric ester groups is 1. The second-order valence-electron chi connectivity index (χ2n) is 6.03. The van der Waals surface area contributed by atoms with Crippen LogP contribution < -0.4 is 22.1 Å². The number of nitrogens with two attached hydrogens (primary N) is 2. The summed E-state index contributed by atoms with van der Waals surface area (Å²) in [6, 6.07) is -4.11. The van der Waals surface area contributed by atoms with Crippen molar-refractivity contribution in [3.05, 3.63) is 0 Å². The normalized spacial score (nSPS) is 14.9. The van der Waals surface area contributed by atoms with Crippen LogP contribution in [0.4, 0.5) is 0 Å². The van der Waals surface area contributed by atoms with Crippen molar-refractivity contribution in [2.45, 2.75) is 44.8 Å². The summed E-state index contributed by atoms with van der Waals surface area (Å²) >= 11 is 0. The summed E-state index contributed by atoms with van der Waals surface area (Å²) < 4.78 is 14.7. The SMILES string of the molecule is CC(C)[C@H](NC(=O)[C@H](CCC(N)=O)NC(=O)[C@@H](N)COP(=O)(O)O)C(=O)O. The molecule has 0 aromatic heterocycles. The molecule has 0 aromatic carbocycles. The standard InChI is InChI=1S/C13H25N4O9P/c1-6(2)10(13(21)22)17-12(20)8(3-4-9(15)18)16-11(19)7(14)5-26-27(23,24)25/h6-8,10H,3-5,14H2,1-2H3,(H2,15,18)(H,16,19)(H,17,20)(H,21,22)(H2,23,24,25)/t7-,8-,10-/m0/s1. The topological polar surface area (TPSA) is 231 Å². The molecule has 0 aliphatic rings. The van der Waals surface area contributed by atoms with Crippen LogP contribution in [0.1, 0.15) is 26.7 Å². The number of nitrogens with one attached hydrogen (secondary N) is 2. The number of amides is 3. The Labute approximate surface area is 155 Å². The van der Waals surface area contributed by atoms with Gasteiger partial charge in [-0.3, -0.25) is 18.9 Å². The summed E-state index contributed by atoms with van der Waals surface area (Å²) in [6.45, 7) is 2.29. The van der Waals surface area contributed by atoms with Gasteiger partial charge in [-0.25, -0.2) is 9.36 Å². The third-order valence-electron chi connectivity index (χ3n) is 3.30. The van der Waals surface area contributed by atoms with Crippen LogP contribution in [-0.4, -0.2) is 63.3 Å². The molecular weight excluding hydrogens is 387 g/mol. The Hall–Kier alpha value is -2.05. The van der Waals surface area contributed by atoms with E-state index in [4.69, 9.17) is 26.4 Å². The average molecular weight is 412 g/mol. The highest BCUT2D eigenvalue weighted by molar-refractivity contribution is 7.46. The third kappa shape index (κ3) is 10.6. The molecule has 27 heavy (non-hydrogen) atoms. The number of carbonyl (C=O) groups excluding carboxylic acids is 3. The second kappa shape index (κ2) is 10.9. The van der Waals surface area contributed by atoms with Gasteiger partial charge in [-0.2, -0.15) is 0 Å². The minimum Gasteiger partial charge on any atom is -0.480 e. The summed E-state index contributed by atoms with van der Waals surface area (Å²) in [5.74, 6) is -4.38. The van der Waals surface area contributed by atoms with E-state index in [9.17, 15) is 23.7 Å². The summed E-state index contributed by atoms with van der Waals surface area (Å²) in [6.07, 6.45) is -0.518. The van der Waals surface area contributed by atoms with Gasteiger partial charge in [0.25, 0.3) is 0 Å². The highest BCUT2D eigenvalue weighted by Crippen LogP contribution is 2.35. The lowest BCUT2D eigenvalue weighted by molar-refractivity contribution is -0.143. The van der Waals surface area contributed by atoms with Crippen LogP contribution in [0, 0.1) is 5.92 Å². The molecule has 0 spiro atoms.